The lowest BCUT2D eigenvalue weighted by Gasteiger charge is -2.47. The van der Waals surface area contributed by atoms with Crippen LogP contribution >= 0.6 is 0 Å². The number of nitrogens with zero attached hydrogens (tertiary/aromatic N) is 1. The molecule has 11 heavy (non-hydrogen) atoms. The fourth-order valence-electron chi connectivity index (χ4n) is 2.19. The monoisotopic (exact) mass is 151 g/mol. The molecule has 0 bridgehead atoms. The van der Waals surface area contributed by atoms with Gasteiger partial charge in [0, 0.05) is 0 Å². The van der Waals surface area contributed by atoms with Crippen molar-refractivity contribution in [3.05, 3.63) is 0 Å². The predicted molar refractivity (Wildman–Crippen MR) is 42.0 cm³/mol. The molecule has 0 saturated heterocycles. The Morgan fingerprint density at radius 2 is 2.00 bits per heavy atom. The Morgan fingerprint density at radius 1 is 1.27 bits per heavy atom. The van der Waals surface area contributed by atoms with E-state index in [1.807, 2.05) is 0 Å². The third-order valence-electron chi connectivity index (χ3n) is 3.35. The zero-order valence-electron chi connectivity index (χ0n) is 6.68. The summed E-state index contributed by atoms with van der Waals surface area (Å²) in [5.41, 5.74) is 0.0694. The first-order valence-electron chi connectivity index (χ1n) is 4.46. The summed E-state index contributed by atoms with van der Waals surface area (Å²) in [7, 11) is 0. The second-order valence-corrected chi connectivity index (χ2v) is 3.79. The van der Waals surface area contributed by atoms with Crippen LogP contribution in [0.1, 0.15) is 38.5 Å². The number of aliphatic imine (C=N–C) groups is 1. The molecule has 2 aliphatic carbocycles. The molecule has 0 aromatic rings. The van der Waals surface area contributed by atoms with Crippen LogP contribution in [0.4, 0.5) is 0 Å². The van der Waals surface area contributed by atoms with Crippen molar-refractivity contribution in [2.24, 2.45) is 10.9 Å². The Hall–Kier alpha value is -0.620. The minimum absolute atomic E-state index is 0.0694. The second-order valence-electron chi connectivity index (χ2n) is 3.79. The van der Waals surface area contributed by atoms with Gasteiger partial charge >= 0.3 is 0 Å². The Balaban J connectivity index is 2.08. The summed E-state index contributed by atoms with van der Waals surface area (Å²) in [5, 5.41) is 0. The Kier molecular flexibility index (Phi) is 1.57. The number of hydrogen-bond donors (Lipinski definition) is 0. The highest BCUT2D eigenvalue weighted by molar-refractivity contribution is 5.36. The fraction of sp³-hybridized carbons (Fsp3) is 0.889. The molecule has 2 rings (SSSR count). The van der Waals surface area contributed by atoms with Crippen LogP contribution in [-0.4, -0.2) is 11.6 Å². The maximum atomic E-state index is 10.2. The molecule has 2 heteroatoms. The van der Waals surface area contributed by atoms with Gasteiger partial charge in [0.05, 0.1) is 5.54 Å². The van der Waals surface area contributed by atoms with Crippen LogP contribution in [0.2, 0.25) is 0 Å². The number of hydrogen-bond acceptors (Lipinski definition) is 2. The zero-order chi connectivity index (χ0) is 7.73. The summed E-state index contributed by atoms with van der Waals surface area (Å²) in [5.74, 6) is 0.720. The molecule has 0 spiro atoms. The lowest BCUT2D eigenvalue weighted by Crippen LogP contribution is -2.45. The summed E-state index contributed by atoms with van der Waals surface area (Å²) in [6, 6.07) is 0. The van der Waals surface area contributed by atoms with Gasteiger partial charge in [0.15, 0.2) is 0 Å². The SMILES string of the molecule is O=C=NC1(C2CCC2)CCC1. The third-order valence-corrected chi connectivity index (χ3v) is 3.35. The van der Waals surface area contributed by atoms with E-state index in [-0.39, 0.29) is 5.54 Å². The van der Waals surface area contributed by atoms with Crippen molar-refractivity contribution >= 4 is 6.08 Å². The molecule has 0 aromatic heterocycles. The molecule has 0 aromatic carbocycles. The lowest BCUT2D eigenvalue weighted by molar-refractivity contribution is 0.0919. The highest BCUT2D eigenvalue weighted by Crippen LogP contribution is 2.49. The highest BCUT2D eigenvalue weighted by atomic mass is 16.1. The molecule has 0 heterocycles. The molecule has 0 amide bonds. The normalized spacial score (nSPS) is 28.0. The van der Waals surface area contributed by atoms with Gasteiger partial charge in [-0.3, -0.25) is 0 Å². The summed E-state index contributed by atoms with van der Waals surface area (Å²) in [4.78, 5) is 14.1. The van der Waals surface area contributed by atoms with E-state index >= 15 is 0 Å². The van der Waals surface area contributed by atoms with Crippen LogP contribution in [0.15, 0.2) is 4.99 Å². The summed E-state index contributed by atoms with van der Waals surface area (Å²) in [6.45, 7) is 0. The smallest absolute Gasteiger partial charge is 0.211 e. The average Bonchev–Trinajstić information content (AvgIpc) is 1.79. The first-order valence-corrected chi connectivity index (χ1v) is 4.46. The van der Waals surface area contributed by atoms with E-state index in [2.05, 4.69) is 4.99 Å². The molecule has 2 nitrogen and oxygen atoms in total. The molecule has 2 saturated carbocycles. The average molecular weight is 151 g/mol. The van der Waals surface area contributed by atoms with Gasteiger partial charge in [-0.25, -0.2) is 4.79 Å². The molecule has 0 aliphatic heterocycles. The summed E-state index contributed by atoms with van der Waals surface area (Å²) >= 11 is 0. The van der Waals surface area contributed by atoms with Gasteiger partial charge in [0.1, 0.15) is 0 Å². The van der Waals surface area contributed by atoms with E-state index in [9.17, 15) is 4.79 Å². The van der Waals surface area contributed by atoms with Crippen LogP contribution in [-0.2, 0) is 4.79 Å². The van der Waals surface area contributed by atoms with Gasteiger partial charge in [0.2, 0.25) is 6.08 Å². The molecule has 2 fully saturated rings. The van der Waals surface area contributed by atoms with Crippen LogP contribution in [0.3, 0.4) is 0 Å². The summed E-state index contributed by atoms with van der Waals surface area (Å²) in [6.07, 6.45) is 9.15. The standard InChI is InChI=1S/C9H13NO/c11-7-10-9(5-2-6-9)8-3-1-4-8/h8H,1-6H2. The van der Waals surface area contributed by atoms with E-state index in [4.69, 9.17) is 0 Å². The van der Waals surface area contributed by atoms with Crippen molar-refractivity contribution < 1.29 is 4.79 Å². The lowest BCUT2D eigenvalue weighted by atomic mass is 9.61. The minimum Gasteiger partial charge on any atom is -0.211 e. The van der Waals surface area contributed by atoms with Crippen LogP contribution in [0.5, 0.6) is 0 Å². The van der Waals surface area contributed by atoms with Crippen molar-refractivity contribution in [1.29, 1.82) is 0 Å². The van der Waals surface area contributed by atoms with Crippen molar-refractivity contribution in [2.45, 2.75) is 44.1 Å². The Bertz CT molecular complexity index is 198. The van der Waals surface area contributed by atoms with Crippen LogP contribution in [0.25, 0.3) is 0 Å². The molecule has 0 atom stereocenters. The quantitative estimate of drug-likeness (QED) is 0.438. The van der Waals surface area contributed by atoms with Crippen LogP contribution < -0.4 is 0 Å². The molecule has 0 unspecified atom stereocenters. The van der Waals surface area contributed by atoms with Crippen molar-refractivity contribution in [3.8, 4) is 0 Å². The molecule has 60 valence electrons. The maximum Gasteiger partial charge on any atom is 0.235 e. The first-order chi connectivity index (χ1) is 5.37. The van der Waals surface area contributed by atoms with Crippen molar-refractivity contribution in [1.82, 2.24) is 0 Å². The zero-order valence-corrected chi connectivity index (χ0v) is 6.68. The van der Waals surface area contributed by atoms with Gasteiger partial charge in [-0.2, -0.15) is 4.99 Å². The molecular weight excluding hydrogens is 138 g/mol. The van der Waals surface area contributed by atoms with E-state index < -0.39 is 0 Å². The van der Waals surface area contributed by atoms with Gasteiger partial charge in [-0.1, -0.05) is 6.42 Å². The molecule has 2 aliphatic rings. The van der Waals surface area contributed by atoms with E-state index in [1.165, 1.54) is 25.7 Å². The molecule has 0 radical (unpaired) electrons. The topological polar surface area (TPSA) is 29.4 Å². The van der Waals surface area contributed by atoms with E-state index in [0.29, 0.717) is 0 Å². The first kappa shape index (κ1) is 7.05. The fourth-order valence-corrected chi connectivity index (χ4v) is 2.19. The van der Waals surface area contributed by atoms with E-state index in [0.717, 1.165) is 18.8 Å². The van der Waals surface area contributed by atoms with Gasteiger partial charge < -0.3 is 0 Å². The minimum atomic E-state index is 0.0694. The predicted octanol–water partition coefficient (Wildman–Crippen LogP) is 2.04. The van der Waals surface area contributed by atoms with Crippen LogP contribution in [0, 0.1) is 5.92 Å². The highest BCUT2D eigenvalue weighted by Gasteiger charge is 2.46. The summed E-state index contributed by atoms with van der Waals surface area (Å²) < 4.78 is 0. The number of rotatable bonds is 2. The second kappa shape index (κ2) is 2.46. The van der Waals surface area contributed by atoms with E-state index in [1.54, 1.807) is 6.08 Å². The Morgan fingerprint density at radius 3 is 2.27 bits per heavy atom. The van der Waals surface area contributed by atoms with Crippen molar-refractivity contribution in [2.75, 3.05) is 0 Å². The van der Waals surface area contributed by atoms with Gasteiger partial charge in [0.25, 0.3) is 0 Å². The molecule has 0 N–H and O–H groups in total. The molecular formula is C9H13NO. The van der Waals surface area contributed by atoms with Gasteiger partial charge in [-0.15, -0.1) is 0 Å². The Labute approximate surface area is 66.7 Å². The van der Waals surface area contributed by atoms with Crippen molar-refractivity contribution in [3.63, 3.8) is 0 Å². The van der Waals surface area contributed by atoms with Gasteiger partial charge in [-0.05, 0) is 38.0 Å². The third kappa shape index (κ3) is 0.935. The maximum absolute atomic E-state index is 10.2. The number of carbonyl (C=O) groups excluding carboxylic acids is 1. The largest absolute Gasteiger partial charge is 0.235 e. The number of isocyanates is 1.